The van der Waals surface area contributed by atoms with E-state index in [2.05, 4.69) is 61.2 Å². The van der Waals surface area contributed by atoms with Gasteiger partial charge in [0.05, 0.1) is 38.8 Å². The SMILES string of the molecule is CCCCCC#CC#CCCCCCCCC(=O)OCC(COC(=O)CCCCCCCC#CC#CCCCCC)N(C)CCN(C)C(=O)CN(CCN(CCN(CC(=O)O)CC(=O)O)CC(=O)O)CC(=O)O. The molecule has 0 bridgehead atoms. The van der Waals surface area contributed by atoms with Gasteiger partial charge in [-0.2, -0.15) is 0 Å². The van der Waals surface area contributed by atoms with E-state index in [0.29, 0.717) is 12.8 Å². The highest BCUT2D eigenvalue weighted by atomic mass is 16.5. The molecule has 0 saturated heterocycles. The molecule has 4 N–H and O–H groups in total. The van der Waals surface area contributed by atoms with E-state index in [9.17, 15) is 43.8 Å². The molecule has 0 aliphatic heterocycles. The van der Waals surface area contributed by atoms with Gasteiger partial charge in [-0.25, -0.2) is 0 Å². The minimum absolute atomic E-state index is 0.0107. The van der Waals surface area contributed by atoms with Crippen LogP contribution >= 0.6 is 0 Å². The zero-order valence-electron chi connectivity index (χ0n) is 44.5. The van der Waals surface area contributed by atoms with Gasteiger partial charge < -0.3 is 34.8 Å². The van der Waals surface area contributed by atoms with Gasteiger partial charge in [-0.15, -0.1) is 0 Å². The van der Waals surface area contributed by atoms with E-state index in [-0.39, 0.29) is 83.8 Å². The maximum Gasteiger partial charge on any atom is 0.317 e. The number of carbonyl (C=O) groups excluding carboxylic acids is 3. The third-order valence-corrected chi connectivity index (χ3v) is 11.6. The minimum atomic E-state index is -1.25. The summed E-state index contributed by atoms with van der Waals surface area (Å²) in [5, 5.41) is 37.4. The number of rotatable bonds is 44. The maximum absolute atomic E-state index is 13.4. The van der Waals surface area contributed by atoms with Crippen molar-refractivity contribution in [2.24, 2.45) is 0 Å². The van der Waals surface area contributed by atoms with Crippen molar-refractivity contribution in [3.63, 3.8) is 0 Å². The van der Waals surface area contributed by atoms with E-state index in [1.54, 1.807) is 14.1 Å². The number of hydrogen-bond donors (Lipinski definition) is 4. The van der Waals surface area contributed by atoms with Gasteiger partial charge in [-0.3, -0.25) is 53.2 Å². The van der Waals surface area contributed by atoms with Crippen LogP contribution in [0.1, 0.15) is 155 Å². The van der Waals surface area contributed by atoms with E-state index in [1.165, 1.54) is 40.4 Å². The van der Waals surface area contributed by atoms with Gasteiger partial charge in [0.1, 0.15) is 13.2 Å². The van der Waals surface area contributed by atoms with Crippen molar-refractivity contribution in [2.45, 2.75) is 161 Å². The summed E-state index contributed by atoms with van der Waals surface area (Å²) in [6, 6.07) is -0.522. The van der Waals surface area contributed by atoms with Crippen molar-refractivity contribution in [3.8, 4) is 47.4 Å². The summed E-state index contributed by atoms with van der Waals surface area (Å²) >= 11 is 0. The highest BCUT2D eigenvalue weighted by Crippen LogP contribution is 2.11. The molecular weight excluding hydrogens is 939 g/mol. The standard InChI is InChI=1S/C55H87N5O13/c1-5-7-9-11-13-15-17-19-21-23-25-27-29-31-33-54(70)72-46-48(47-73-55(71)34-32-30-28-26-24-22-20-18-16-14-12-10-8-6-2)56(3)35-36-57(4)49(61)41-59(43-51(64)65)39-37-58(42-50(62)63)38-40-60(44-52(66)67)45-53(68)69/h48H,5-12,21-47H2,1-4H3,(H,62,63)(H,64,65)(H,66,67)(H,68,69). The van der Waals surface area contributed by atoms with Crippen molar-refractivity contribution in [2.75, 3.05) is 99.3 Å². The van der Waals surface area contributed by atoms with Gasteiger partial charge in [-0.05, 0) is 69.3 Å². The summed E-state index contributed by atoms with van der Waals surface area (Å²) in [6.07, 6.45) is 19.7. The largest absolute Gasteiger partial charge is 0.480 e. The molecule has 0 spiro atoms. The molecule has 1 amide bonds. The van der Waals surface area contributed by atoms with Gasteiger partial charge in [0.25, 0.3) is 0 Å². The van der Waals surface area contributed by atoms with Crippen LogP contribution in [0.5, 0.6) is 0 Å². The molecule has 0 aliphatic rings. The lowest BCUT2D eigenvalue weighted by Crippen LogP contribution is -2.48. The summed E-state index contributed by atoms with van der Waals surface area (Å²) in [4.78, 5) is 92.1. The van der Waals surface area contributed by atoms with Gasteiger partial charge in [0.2, 0.25) is 5.91 Å². The van der Waals surface area contributed by atoms with Gasteiger partial charge in [-0.1, -0.05) is 102 Å². The van der Waals surface area contributed by atoms with Gasteiger partial charge in [0, 0.05) is 84.8 Å². The maximum atomic E-state index is 13.4. The average Bonchev–Trinajstić information content (AvgIpc) is 3.33. The normalized spacial score (nSPS) is 10.7. The lowest BCUT2D eigenvalue weighted by atomic mass is 10.1. The van der Waals surface area contributed by atoms with E-state index in [1.807, 2.05) is 4.90 Å². The number of esters is 2. The first-order chi connectivity index (χ1) is 35.1. The second kappa shape index (κ2) is 46.2. The molecule has 0 fully saturated rings. The summed E-state index contributed by atoms with van der Waals surface area (Å²) in [5.41, 5.74) is 0. The topological polar surface area (TPSA) is 235 Å². The number of ether oxygens (including phenoxy) is 2. The molecule has 0 radical (unpaired) electrons. The van der Waals surface area contributed by atoms with Crippen LogP contribution in [0.4, 0.5) is 0 Å². The lowest BCUT2D eigenvalue weighted by molar-refractivity contribution is -0.150. The van der Waals surface area contributed by atoms with Gasteiger partial charge in [0.15, 0.2) is 0 Å². The zero-order chi connectivity index (χ0) is 54.3. The van der Waals surface area contributed by atoms with Crippen LogP contribution in [-0.4, -0.2) is 192 Å². The molecule has 18 heteroatoms. The quantitative estimate of drug-likeness (QED) is 0.0325. The van der Waals surface area contributed by atoms with Crippen molar-refractivity contribution < 1.29 is 63.5 Å². The molecule has 0 aromatic heterocycles. The highest BCUT2D eigenvalue weighted by Gasteiger charge is 2.23. The lowest BCUT2D eigenvalue weighted by Gasteiger charge is -2.30. The molecule has 0 saturated carbocycles. The predicted octanol–water partition coefficient (Wildman–Crippen LogP) is 5.71. The first kappa shape index (κ1) is 67.4. The smallest absolute Gasteiger partial charge is 0.317 e. The van der Waals surface area contributed by atoms with E-state index < -0.39 is 62.0 Å². The molecule has 0 rings (SSSR count). The molecule has 0 aliphatic carbocycles. The van der Waals surface area contributed by atoms with Gasteiger partial charge >= 0.3 is 35.8 Å². The summed E-state index contributed by atoms with van der Waals surface area (Å²) in [5.74, 6) is 18.0. The van der Waals surface area contributed by atoms with Crippen LogP contribution < -0.4 is 0 Å². The predicted molar refractivity (Wildman–Crippen MR) is 280 cm³/mol. The van der Waals surface area contributed by atoms with E-state index >= 15 is 0 Å². The number of hydrogen-bond acceptors (Lipinski definition) is 13. The fourth-order valence-electron chi connectivity index (χ4n) is 7.16. The Balaban J connectivity index is 5.37. The fourth-order valence-corrected chi connectivity index (χ4v) is 7.16. The van der Waals surface area contributed by atoms with Crippen LogP contribution in [0, 0.1) is 47.4 Å². The zero-order valence-corrected chi connectivity index (χ0v) is 44.5. The van der Waals surface area contributed by atoms with Crippen molar-refractivity contribution in [1.82, 2.24) is 24.5 Å². The first-order valence-electron chi connectivity index (χ1n) is 26.3. The number of carboxylic acids is 4. The highest BCUT2D eigenvalue weighted by molar-refractivity contribution is 5.79. The van der Waals surface area contributed by atoms with E-state index in [0.717, 1.165) is 94.8 Å². The number of amides is 1. The fraction of sp³-hybridized carbons (Fsp3) is 0.727. The molecule has 18 nitrogen and oxygen atoms in total. The molecule has 0 atom stereocenters. The number of carbonyl (C=O) groups is 7. The first-order valence-corrected chi connectivity index (χ1v) is 26.3. The third kappa shape index (κ3) is 43.7. The molecule has 0 heterocycles. The summed E-state index contributed by atoms with van der Waals surface area (Å²) in [7, 11) is 3.32. The molecule has 73 heavy (non-hydrogen) atoms. The van der Waals surface area contributed by atoms with Crippen LogP contribution in [-0.2, 0) is 43.0 Å². The second-order valence-electron chi connectivity index (χ2n) is 18.2. The number of carboxylic acid groups (broad SMARTS) is 4. The Hall–Kier alpha value is -5.63. The van der Waals surface area contributed by atoms with Crippen LogP contribution in [0.3, 0.4) is 0 Å². The Labute approximate surface area is 436 Å². The Kier molecular flexibility index (Phi) is 42.6. The summed E-state index contributed by atoms with van der Waals surface area (Å²) < 4.78 is 11.4. The minimum Gasteiger partial charge on any atom is -0.480 e. The Morgan fingerprint density at radius 1 is 0.411 bits per heavy atom. The average molecular weight is 1030 g/mol. The van der Waals surface area contributed by atoms with E-state index in [4.69, 9.17) is 19.7 Å². The summed E-state index contributed by atoms with van der Waals surface area (Å²) in [6.45, 7) is 2.05. The Morgan fingerprint density at radius 3 is 1.12 bits per heavy atom. The number of nitrogens with zero attached hydrogens (tertiary/aromatic N) is 5. The monoisotopic (exact) mass is 1030 g/mol. The number of aliphatic carboxylic acids is 4. The molecule has 0 aromatic carbocycles. The van der Waals surface area contributed by atoms with Crippen LogP contribution in [0.15, 0.2) is 0 Å². The van der Waals surface area contributed by atoms with Crippen LogP contribution in [0.25, 0.3) is 0 Å². The Bertz CT molecular complexity index is 1770. The Morgan fingerprint density at radius 2 is 0.740 bits per heavy atom. The van der Waals surface area contributed by atoms with Crippen molar-refractivity contribution in [1.29, 1.82) is 0 Å². The molecule has 410 valence electrons. The van der Waals surface area contributed by atoms with Crippen molar-refractivity contribution in [3.05, 3.63) is 0 Å². The number of unbranched alkanes of at least 4 members (excludes halogenated alkanes) is 16. The number of likely N-dealkylation sites (N-methyl/N-ethyl adjacent to an activating group) is 2. The van der Waals surface area contributed by atoms with Crippen molar-refractivity contribution >= 4 is 41.7 Å². The molecule has 0 unspecified atom stereocenters. The molecule has 0 aromatic rings. The second-order valence-corrected chi connectivity index (χ2v) is 18.2. The van der Waals surface area contributed by atoms with Crippen LogP contribution in [0.2, 0.25) is 0 Å². The third-order valence-electron chi connectivity index (χ3n) is 11.6. The molecular formula is C55H87N5O13.